The molecule has 0 atom stereocenters. The van der Waals surface area contributed by atoms with Crippen LogP contribution in [-0.4, -0.2) is 11.8 Å². The van der Waals surface area contributed by atoms with Gasteiger partial charge in [0.25, 0.3) is 34.6 Å². The number of nitriles is 4. The zero-order chi connectivity index (χ0) is 48.4. The van der Waals surface area contributed by atoms with Gasteiger partial charge in [0.2, 0.25) is 0 Å². The Morgan fingerprint density at radius 3 is 0.985 bits per heavy atom. The van der Waals surface area contributed by atoms with Crippen LogP contribution in [0, 0.1) is 99.3 Å². The molecular weight excluding hydrogens is 969 g/mol. The normalized spacial score (nSPS) is 18.4. The Bertz CT molecular complexity index is 3510. The van der Waals surface area contributed by atoms with Gasteiger partial charge in [-0.15, -0.1) is 68.0 Å². The third kappa shape index (κ3) is 5.93. The minimum atomic E-state index is -3.88. The van der Waals surface area contributed by atoms with Gasteiger partial charge in [-0.05, 0) is 96.5 Å². The highest BCUT2D eigenvalue weighted by molar-refractivity contribution is 7.31. The molecule has 322 valence electrons. The van der Waals surface area contributed by atoms with Gasteiger partial charge >= 0.3 is 0 Å². The quantitative estimate of drug-likeness (QED) is 0.0994. The van der Waals surface area contributed by atoms with Crippen molar-refractivity contribution in [1.82, 2.24) is 0 Å². The van der Waals surface area contributed by atoms with Gasteiger partial charge in [-0.25, -0.2) is 40.4 Å². The molecule has 8 nitrogen and oxygen atoms in total. The number of allylic oxidation sites excluding steroid dienone is 8. The zero-order valence-corrected chi connectivity index (χ0v) is 40.2. The van der Waals surface area contributed by atoms with E-state index in [2.05, 4.69) is 47.1 Å². The smallest absolute Gasteiger partial charge is 0.226 e. The van der Waals surface area contributed by atoms with Crippen LogP contribution in [-0.2, 0) is 5.41 Å². The van der Waals surface area contributed by atoms with Crippen molar-refractivity contribution < 1.29 is 17.6 Å². The molecule has 0 N–H and O–H groups in total. The molecule has 6 aromatic rings. The molecule has 0 unspecified atom stereocenters. The number of rotatable bonds is 4. The van der Waals surface area contributed by atoms with E-state index in [0.29, 0.717) is 20.9 Å². The van der Waals surface area contributed by atoms with Crippen LogP contribution in [0.4, 0.5) is 17.6 Å². The standard InChI is InChI=1S/C49H22F4N8S6/c1-19-31-35(23(15-54)58-7)48(50,51)37(25(17-56)60-9)43(31)64-39(19)27-11-13-29(62-27)41-21(3)33-45(66-41)46-34(47(33,5)6)22(4)42(67-46)30-14-12-28(63-30)40-20(2)32-36(24(16-55)59-8)49(52,53)38(44(32)65-40)26(18-57)61-10/h11-14H,1-6H3/b35-23-,36-24+,37-25-,38-26+. The molecule has 0 radical (unpaired) electrons. The summed E-state index contributed by atoms with van der Waals surface area (Å²) >= 11 is 8.32. The number of nitrogens with zero attached hydrogens (tertiary/aromatic N) is 8. The first-order chi connectivity index (χ1) is 31.8. The fourth-order valence-electron chi connectivity index (χ4n) is 9.51. The average Bonchev–Trinajstić information content (AvgIpc) is 4.18. The fraction of sp³-hybridized carbons (Fsp3) is 0.184. The molecule has 0 amide bonds. The van der Waals surface area contributed by atoms with Gasteiger partial charge in [-0.1, -0.05) is 13.8 Å². The van der Waals surface area contributed by atoms with E-state index in [4.69, 9.17) is 26.3 Å². The average molecular weight is 991 g/mol. The fourth-order valence-corrected chi connectivity index (χ4v) is 18.0. The lowest BCUT2D eigenvalue weighted by Crippen LogP contribution is -2.16. The second-order valence-corrected chi connectivity index (χ2v) is 22.2. The summed E-state index contributed by atoms with van der Waals surface area (Å²) < 4.78 is 64.0. The highest BCUT2D eigenvalue weighted by Crippen LogP contribution is 2.65. The summed E-state index contributed by atoms with van der Waals surface area (Å²) in [6, 6.07) is 14.1. The number of halogens is 4. The number of hydrogen-bond donors (Lipinski definition) is 0. The van der Waals surface area contributed by atoms with Gasteiger partial charge < -0.3 is 0 Å². The Kier molecular flexibility index (Phi) is 10.4. The summed E-state index contributed by atoms with van der Waals surface area (Å²) in [5, 5.41) is 38.7. The highest BCUT2D eigenvalue weighted by atomic mass is 32.1. The summed E-state index contributed by atoms with van der Waals surface area (Å²) in [4.78, 5) is 21.4. The molecule has 67 heavy (non-hydrogen) atoms. The van der Waals surface area contributed by atoms with Crippen molar-refractivity contribution in [2.24, 2.45) is 0 Å². The van der Waals surface area contributed by atoms with E-state index in [9.17, 15) is 21.0 Å². The van der Waals surface area contributed by atoms with Crippen LogP contribution < -0.4 is 0 Å². The van der Waals surface area contributed by atoms with E-state index < -0.39 is 62.3 Å². The minimum Gasteiger partial charge on any atom is -0.226 e. The number of fused-ring (bicyclic) bond motifs is 5. The molecule has 9 rings (SSSR count). The first-order valence-electron chi connectivity index (χ1n) is 19.5. The maximum atomic E-state index is 16.0. The Balaban J connectivity index is 1.11. The van der Waals surface area contributed by atoms with E-state index in [1.807, 2.05) is 24.3 Å². The Morgan fingerprint density at radius 1 is 0.433 bits per heavy atom. The van der Waals surface area contributed by atoms with Crippen molar-refractivity contribution in [1.29, 1.82) is 21.0 Å². The van der Waals surface area contributed by atoms with Crippen molar-refractivity contribution >= 4 is 90.3 Å². The molecular formula is C49H22F4N8S6. The molecule has 0 fully saturated rings. The Hall–Kier alpha value is -7.20. The summed E-state index contributed by atoms with van der Waals surface area (Å²) in [5.74, 6) is -7.76. The molecule has 0 aromatic carbocycles. The highest BCUT2D eigenvalue weighted by Gasteiger charge is 2.55. The van der Waals surface area contributed by atoms with Crippen molar-refractivity contribution in [2.75, 3.05) is 0 Å². The third-order valence-electron chi connectivity index (χ3n) is 12.2. The van der Waals surface area contributed by atoms with Crippen molar-refractivity contribution in [3.05, 3.63) is 147 Å². The summed E-state index contributed by atoms with van der Waals surface area (Å²) in [7, 11) is 0. The topological polar surface area (TPSA) is 113 Å². The lowest BCUT2D eigenvalue weighted by molar-refractivity contribution is 0.137. The molecule has 6 aromatic heterocycles. The van der Waals surface area contributed by atoms with E-state index in [1.165, 1.54) is 33.8 Å². The largest absolute Gasteiger partial charge is 0.284 e. The van der Waals surface area contributed by atoms with Gasteiger partial charge in [0.05, 0.1) is 72.9 Å². The first-order valence-corrected chi connectivity index (χ1v) is 24.4. The predicted octanol–water partition coefficient (Wildman–Crippen LogP) is 16.2. The second kappa shape index (κ2) is 15.4. The lowest BCUT2D eigenvalue weighted by atomic mass is 9.80. The van der Waals surface area contributed by atoms with Gasteiger partial charge in [0.1, 0.15) is 0 Å². The van der Waals surface area contributed by atoms with E-state index in [-0.39, 0.29) is 20.9 Å². The van der Waals surface area contributed by atoms with Gasteiger partial charge in [-0.2, -0.15) is 17.6 Å². The van der Waals surface area contributed by atoms with Crippen LogP contribution >= 0.6 is 68.0 Å². The molecule has 18 heteroatoms. The van der Waals surface area contributed by atoms with Gasteiger partial charge in [-0.3, -0.25) is 0 Å². The van der Waals surface area contributed by atoms with Crippen molar-refractivity contribution in [3.63, 3.8) is 0 Å². The van der Waals surface area contributed by atoms with Crippen LogP contribution in [0.5, 0.6) is 0 Å². The molecule has 0 spiro atoms. The SMILES string of the molecule is [C-]#[N+]/C(C#N)=C1/c2c(sc(-c3ccc(-c4sc5c(c4C)C(C)(C)c4c-5sc(-c5ccc(-c6sc7c(c6C)/C(=C(/C#N)[N+]#[C-])C(F)(F)/C7=C(\C#N)[N+]#[C-])s5)c4C)s3)c2C)/C(=C(\C#N)[N+]#[C-])C1(F)F. The number of hydrogen-bond acceptors (Lipinski definition) is 10. The van der Waals surface area contributed by atoms with Crippen LogP contribution in [0.1, 0.15) is 68.1 Å². The summed E-state index contributed by atoms with van der Waals surface area (Å²) in [5.41, 5.74) is -1.22. The minimum absolute atomic E-state index is 0.00159. The van der Waals surface area contributed by atoms with E-state index in [0.717, 1.165) is 72.8 Å². The monoisotopic (exact) mass is 990 g/mol. The molecule has 0 aliphatic heterocycles. The molecule has 0 saturated carbocycles. The number of thiophene rings is 6. The van der Waals surface area contributed by atoms with Crippen LogP contribution in [0.2, 0.25) is 0 Å². The molecule has 6 heterocycles. The van der Waals surface area contributed by atoms with E-state index in [1.54, 1.807) is 60.8 Å². The summed E-state index contributed by atoms with van der Waals surface area (Å²) in [6.07, 6.45) is 0. The third-order valence-corrected chi connectivity index (χ3v) is 20.4. The van der Waals surface area contributed by atoms with Crippen molar-refractivity contribution in [3.8, 4) is 73.0 Å². The molecule has 3 aliphatic rings. The molecule has 0 bridgehead atoms. The van der Waals surface area contributed by atoms with Crippen LogP contribution in [0.25, 0.3) is 90.4 Å². The predicted molar refractivity (Wildman–Crippen MR) is 258 cm³/mol. The van der Waals surface area contributed by atoms with Gasteiger partial charge in [0, 0.05) is 63.9 Å². The van der Waals surface area contributed by atoms with Crippen molar-refractivity contribution in [2.45, 2.75) is 58.8 Å². The van der Waals surface area contributed by atoms with Crippen LogP contribution in [0.3, 0.4) is 0 Å². The van der Waals surface area contributed by atoms with Crippen LogP contribution in [0.15, 0.2) is 47.1 Å². The molecule has 0 saturated heterocycles. The Morgan fingerprint density at radius 2 is 0.701 bits per heavy atom. The maximum Gasteiger partial charge on any atom is 0.284 e. The molecule has 3 aliphatic carbocycles. The zero-order valence-electron chi connectivity index (χ0n) is 35.3. The summed E-state index contributed by atoms with van der Waals surface area (Å²) in [6.45, 7) is 41.8. The van der Waals surface area contributed by atoms with E-state index >= 15 is 17.6 Å². The maximum absolute atomic E-state index is 16.0. The lowest BCUT2D eigenvalue weighted by Gasteiger charge is -2.23. The Labute approximate surface area is 405 Å². The number of alkyl halides is 4. The second-order valence-electron chi connectivity index (χ2n) is 15.9. The first kappa shape index (κ1) is 45.0. The van der Waals surface area contributed by atoms with Gasteiger partial charge in [0.15, 0.2) is 0 Å².